The van der Waals surface area contributed by atoms with Crippen molar-refractivity contribution in [2.75, 3.05) is 0 Å². The van der Waals surface area contributed by atoms with E-state index < -0.39 is 17.5 Å². The fourth-order valence-electron chi connectivity index (χ4n) is 2.81. The average molecular weight is 285 g/mol. The van der Waals surface area contributed by atoms with E-state index in [0.717, 1.165) is 31.3 Å². The summed E-state index contributed by atoms with van der Waals surface area (Å²) in [5, 5.41) is 0. The van der Waals surface area contributed by atoms with Crippen LogP contribution < -0.4 is 0 Å². The number of ketones is 1. The molecule has 0 amide bonds. The van der Waals surface area contributed by atoms with Crippen molar-refractivity contribution in [3.8, 4) is 0 Å². The van der Waals surface area contributed by atoms with Crippen molar-refractivity contribution >= 4 is 5.78 Å². The minimum atomic E-state index is -4.50. The summed E-state index contributed by atoms with van der Waals surface area (Å²) in [6.45, 7) is 0. The van der Waals surface area contributed by atoms with Gasteiger partial charge in [0.25, 0.3) is 0 Å². The van der Waals surface area contributed by atoms with E-state index in [9.17, 15) is 18.0 Å². The molecule has 0 atom stereocenters. The van der Waals surface area contributed by atoms with Crippen LogP contribution in [0.25, 0.3) is 0 Å². The Hall–Kier alpha value is -1.39. The minimum Gasteiger partial charge on any atom is -0.294 e. The van der Waals surface area contributed by atoms with E-state index in [2.05, 4.69) is 4.98 Å². The Morgan fingerprint density at radius 1 is 1.25 bits per heavy atom. The third kappa shape index (κ3) is 3.81. The molecule has 2 rings (SSSR count). The number of pyridine rings is 1. The number of carbonyl (C=O) groups is 1. The lowest BCUT2D eigenvalue weighted by atomic mass is 9.85. The summed E-state index contributed by atoms with van der Waals surface area (Å²) < 4.78 is 38.5. The Morgan fingerprint density at radius 2 is 1.95 bits per heavy atom. The van der Waals surface area contributed by atoms with E-state index in [-0.39, 0.29) is 12.0 Å². The van der Waals surface area contributed by atoms with E-state index in [0.29, 0.717) is 12.3 Å². The molecule has 0 saturated heterocycles. The molecule has 1 aromatic rings. The van der Waals surface area contributed by atoms with Crippen molar-refractivity contribution < 1.29 is 18.0 Å². The third-order valence-electron chi connectivity index (χ3n) is 3.93. The van der Waals surface area contributed by atoms with Crippen LogP contribution in [0.4, 0.5) is 13.2 Å². The average Bonchev–Trinajstić information content (AvgIpc) is 2.45. The maximum absolute atomic E-state index is 12.8. The van der Waals surface area contributed by atoms with Crippen LogP contribution in [0.3, 0.4) is 0 Å². The van der Waals surface area contributed by atoms with Crippen molar-refractivity contribution in [2.45, 2.75) is 51.1 Å². The van der Waals surface area contributed by atoms with Crippen LogP contribution in [-0.2, 0) is 6.18 Å². The van der Waals surface area contributed by atoms with Gasteiger partial charge in [0.15, 0.2) is 5.78 Å². The number of hydrogen-bond acceptors (Lipinski definition) is 2. The number of rotatable bonds is 4. The van der Waals surface area contributed by atoms with Crippen molar-refractivity contribution in [2.24, 2.45) is 5.92 Å². The van der Waals surface area contributed by atoms with Gasteiger partial charge in [-0.05, 0) is 18.4 Å². The van der Waals surface area contributed by atoms with Gasteiger partial charge in [0.2, 0.25) is 0 Å². The number of nitrogens with zero attached hydrogens (tertiary/aromatic N) is 1. The predicted molar refractivity (Wildman–Crippen MR) is 69.4 cm³/mol. The number of halogens is 3. The number of alkyl halides is 3. The summed E-state index contributed by atoms with van der Waals surface area (Å²) in [7, 11) is 0. The molecule has 20 heavy (non-hydrogen) atoms. The van der Waals surface area contributed by atoms with Crippen LogP contribution >= 0.6 is 0 Å². The molecule has 0 unspecified atom stereocenters. The van der Waals surface area contributed by atoms with Gasteiger partial charge in [-0.15, -0.1) is 0 Å². The largest absolute Gasteiger partial charge is 0.417 e. The molecule has 1 aliphatic rings. The summed E-state index contributed by atoms with van der Waals surface area (Å²) in [6, 6.07) is 0.869. The Morgan fingerprint density at radius 3 is 2.60 bits per heavy atom. The highest BCUT2D eigenvalue weighted by atomic mass is 19.4. The second-order valence-electron chi connectivity index (χ2n) is 5.38. The second kappa shape index (κ2) is 6.37. The molecular formula is C15H18F3NO. The van der Waals surface area contributed by atoms with Crippen molar-refractivity contribution in [1.29, 1.82) is 0 Å². The fraction of sp³-hybridized carbons (Fsp3) is 0.600. The van der Waals surface area contributed by atoms with Crippen LogP contribution in [0.2, 0.25) is 0 Å². The minimum absolute atomic E-state index is 0.180. The van der Waals surface area contributed by atoms with E-state index in [1.54, 1.807) is 0 Å². The molecule has 0 aliphatic heterocycles. The first-order chi connectivity index (χ1) is 9.48. The zero-order chi connectivity index (χ0) is 14.6. The van der Waals surface area contributed by atoms with Crippen LogP contribution in [0.5, 0.6) is 0 Å². The molecule has 0 aromatic carbocycles. The molecule has 0 N–H and O–H groups in total. The summed E-state index contributed by atoms with van der Waals surface area (Å²) in [5.74, 6) is 0.0368. The van der Waals surface area contributed by atoms with Gasteiger partial charge >= 0.3 is 6.18 Å². The van der Waals surface area contributed by atoms with Gasteiger partial charge in [-0.25, -0.2) is 0 Å². The molecule has 1 saturated carbocycles. The molecular weight excluding hydrogens is 267 g/mol. The monoisotopic (exact) mass is 285 g/mol. The van der Waals surface area contributed by atoms with Crippen molar-refractivity contribution in [1.82, 2.24) is 4.98 Å². The highest BCUT2D eigenvalue weighted by Crippen LogP contribution is 2.33. The maximum Gasteiger partial charge on any atom is 0.417 e. The Kier molecular flexibility index (Phi) is 4.78. The lowest BCUT2D eigenvalue weighted by molar-refractivity contribution is -0.138. The summed E-state index contributed by atoms with van der Waals surface area (Å²) in [5.41, 5.74) is -1.17. The quantitative estimate of drug-likeness (QED) is 0.754. The smallest absolute Gasteiger partial charge is 0.294 e. The number of hydrogen-bond donors (Lipinski definition) is 0. The van der Waals surface area contributed by atoms with E-state index in [1.165, 1.54) is 19.3 Å². The van der Waals surface area contributed by atoms with Gasteiger partial charge in [0, 0.05) is 24.4 Å². The molecule has 0 spiro atoms. The van der Waals surface area contributed by atoms with Crippen molar-refractivity contribution in [3.05, 3.63) is 29.6 Å². The molecule has 1 aromatic heterocycles. The lowest BCUT2D eigenvalue weighted by Crippen LogP contribution is -2.15. The van der Waals surface area contributed by atoms with Gasteiger partial charge in [0.1, 0.15) is 0 Å². The molecule has 1 heterocycles. The molecule has 0 bridgehead atoms. The lowest BCUT2D eigenvalue weighted by Gasteiger charge is -2.21. The highest BCUT2D eigenvalue weighted by molar-refractivity contribution is 5.97. The van der Waals surface area contributed by atoms with E-state index in [1.807, 2.05) is 0 Å². The molecule has 1 aliphatic carbocycles. The van der Waals surface area contributed by atoms with Gasteiger partial charge in [-0.2, -0.15) is 13.2 Å². The Bertz CT molecular complexity index is 464. The summed E-state index contributed by atoms with van der Waals surface area (Å²) in [4.78, 5) is 15.7. The first-order valence-electron chi connectivity index (χ1n) is 7.03. The van der Waals surface area contributed by atoms with Gasteiger partial charge in [0.05, 0.1) is 5.56 Å². The Labute approximate surface area is 116 Å². The maximum atomic E-state index is 12.8. The zero-order valence-corrected chi connectivity index (χ0v) is 11.2. The van der Waals surface area contributed by atoms with Gasteiger partial charge in [-0.1, -0.05) is 32.1 Å². The topological polar surface area (TPSA) is 30.0 Å². The first kappa shape index (κ1) is 15.0. The molecule has 0 radical (unpaired) electrons. The highest BCUT2D eigenvalue weighted by Gasteiger charge is 2.35. The summed E-state index contributed by atoms with van der Waals surface area (Å²) >= 11 is 0. The van der Waals surface area contributed by atoms with Gasteiger partial charge in [-0.3, -0.25) is 9.78 Å². The Balaban J connectivity index is 2.02. The predicted octanol–water partition coefficient (Wildman–Crippen LogP) is 4.64. The van der Waals surface area contributed by atoms with Crippen LogP contribution in [-0.4, -0.2) is 10.8 Å². The second-order valence-corrected chi connectivity index (χ2v) is 5.38. The van der Waals surface area contributed by atoms with Crippen LogP contribution in [0.1, 0.15) is 60.9 Å². The third-order valence-corrected chi connectivity index (χ3v) is 3.93. The van der Waals surface area contributed by atoms with E-state index >= 15 is 0 Å². The molecule has 5 heteroatoms. The number of aromatic nitrogens is 1. The summed E-state index contributed by atoms with van der Waals surface area (Å²) in [6.07, 6.45) is 4.21. The first-order valence-corrected chi connectivity index (χ1v) is 7.03. The fourth-order valence-corrected chi connectivity index (χ4v) is 2.81. The van der Waals surface area contributed by atoms with Crippen LogP contribution in [0.15, 0.2) is 18.5 Å². The number of carbonyl (C=O) groups excluding carboxylic acids is 1. The molecule has 1 fully saturated rings. The molecule has 2 nitrogen and oxygen atoms in total. The van der Waals surface area contributed by atoms with E-state index in [4.69, 9.17) is 0 Å². The normalized spacial score (nSPS) is 17.1. The number of Topliss-reactive ketones (excluding diaryl/α,β-unsaturated/α-hetero) is 1. The molecule has 110 valence electrons. The SMILES string of the molecule is O=C(CCC1CCCCC1)c1cnccc1C(F)(F)F. The van der Waals surface area contributed by atoms with Crippen molar-refractivity contribution in [3.63, 3.8) is 0 Å². The standard InChI is InChI=1S/C15H18F3NO/c16-15(17,18)13-8-9-19-10-12(13)14(20)7-6-11-4-2-1-3-5-11/h8-11H,1-7H2. The zero-order valence-electron chi connectivity index (χ0n) is 11.2. The van der Waals surface area contributed by atoms with Gasteiger partial charge < -0.3 is 0 Å². The van der Waals surface area contributed by atoms with Crippen LogP contribution in [0, 0.1) is 5.92 Å².